The van der Waals surface area contributed by atoms with Crippen LogP contribution >= 0.6 is 0 Å². The van der Waals surface area contributed by atoms with Crippen molar-refractivity contribution in [1.82, 2.24) is 4.98 Å². The van der Waals surface area contributed by atoms with Gasteiger partial charge in [0.05, 0.1) is 5.52 Å². The predicted molar refractivity (Wildman–Crippen MR) is 109 cm³/mol. The number of benzene rings is 3. The van der Waals surface area contributed by atoms with Crippen LogP contribution in [0.25, 0.3) is 32.9 Å². The number of hydrogen-bond acceptors (Lipinski definition) is 1. The largest absolute Gasteiger partial charge is 0.354 e. The van der Waals surface area contributed by atoms with Crippen molar-refractivity contribution < 1.29 is 4.79 Å². The molecule has 0 bridgehead atoms. The Morgan fingerprint density at radius 1 is 0.885 bits per heavy atom. The van der Waals surface area contributed by atoms with E-state index < -0.39 is 0 Å². The van der Waals surface area contributed by atoms with Gasteiger partial charge in [-0.1, -0.05) is 67.9 Å². The van der Waals surface area contributed by atoms with E-state index in [1.165, 1.54) is 10.8 Å². The number of hydrogen-bond donors (Lipinski definition) is 2. The maximum Gasteiger partial charge on any atom is 0.224 e. The molecule has 0 aliphatic heterocycles. The molecule has 3 heteroatoms. The maximum absolute atomic E-state index is 12.2. The molecule has 26 heavy (non-hydrogen) atoms. The average Bonchev–Trinajstić information content (AvgIpc) is 3.06. The smallest absolute Gasteiger partial charge is 0.224 e. The number of fused-ring (bicyclic) bond motifs is 3. The minimum absolute atomic E-state index is 0.0723. The number of aromatic amines is 1. The molecule has 130 valence electrons. The number of amides is 1. The van der Waals surface area contributed by atoms with E-state index in [1.807, 2.05) is 24.3 Å². The Hall–Kier alpha value is -3.07. The second-order valence-electron chi connectivity index (χ2n) is 6.60. The first-order chi connectivity index (χ1) is 12.8. The van der Waals surface area contributed by atoms with Crippen LogP contribution in [0.1, 0.15) is 26.2 Å². The highest BCUT2D eigenvalue weighted by molar-refractivity contribution is 6.13. The van der Waals surface area contributed by atoms with E-state index in [0.29, 0.717) is 6.42 Å². The third-order valence-corrected chi connectivity index (χ3v) is 4.79. The number of H-pyrrole nitrogens is 1. The molecule has 0 spiro atoms. The van der Waals surface area contributed by atoms with Gasteiger partial charge in [-0.05, 0) is 18.6 Å². The highest BCUT2D eigenvalue weighted by Gasteiger charge is 2.13. The van der Waals surface area contributed by atoms with Gasteiger partial charge in [0.25, 0.3) is 0 Å². The van der Waals surface area contributed by atoms with Gasteiger partial charge in [0.15, 0.2) is 0 Å². The molecule has 0 saturated carbocycles. The van der Waals surface area contributed by atoms with Crippen molar-refractivity contribution in [3.63, 3.8) is 0 Å². The number of unbranched alkanes of at least 4 members (excludes halogenated alkanes) is 1. The van der Waals surface area contributed by atoms with Gasteiger partial charge in [-0.25, -0.2) is 0 Å². The number of anilines is 1. The Balaban J connectivity index is 1.82. The summed E-state index contributed by atoms with van der Waals surface area (Å²) in [6.45, 7) is 2.10. The zero-order chi connectivity index (χ0) is 17.9. The maximum atomic E-state index is 12.2. The third kappa shape index (κ3) is 2.97. The second kappa shape index (κ2) is 7.04. The molecule has 1 heterocycles. The van der Waals surface area contributed by atoms with E-state index in [2.05, 4.69) is 59.7 Å². The van der Waals surface area contributed by atoms with E-state index in [1.54, 1.807) is 0 Å². The summed E-state index contributed by atoms with van der Waals surface area (Å²) >= 11 is 0. The minimum Gasteiger partial charge on any atom is -0.354 e. The molecule has 1 aromatic heterocycles. The zero-order valence-electron chi connectivity index (χ0n) is 14.9. The lowest BCUT2D eigenvalue weighted by atomic mass is 10.00. The molecule has 3 aromatic carbocycles. The number of aromatic nitrogens is 1. The molecule has 0 radical (unpaired) electrons. The monoisotopic (exact) mass is 342 g/mol. The summed E-state index contributed by atoms with van der Waals surface area (Å²) < 4.78 is 0. The zero-order valence-corrected chi connectivity index (χ0v) is 14.9. The van der Waals surface area contributed by atoms with Gasteiger partial charge in [0.2, 0.25) is 5.91 Å². The van der Waals surface area contributed by atoms with Gasteiger partial charge >= 0.3 is 0 Å². The van der Waals surface area contributed by atoms with E-state index in [9.17, 15) is 4.79 Å². The molecule has 0 fully saturated rings. The average molecular weight is 342 g/mol. The summed E-state index contributed by atoms with van der Waals surface area (Å²) in [4.78, 5) is 15.8. The first-order valence-corrected chi connectivity index (χ1v) is 9.16. The minimum atomic E-state index is 0.0723. The summed E-state index contributed by atoms with van der Waals surface area (Å²) in [7, 11) is 0. The summed E-state index contributed by atoms with van der Waals surface area (Å²) in [5.41, 5.74) is 5.22. The quantitative estimate of drug-likeness (QED) is 0.451. The number of rotatable bonds is 5. The van der Waals surface area contributed by atoms with Crippen LogP contribution in [0.2, 0.25) is 0 Å². The third-order valence-electron chi connectivity index (χ3n) is 4.79. The SMILES string of the molecule is CCCCC(=O)Nc1ccccc1-c1cccc2c1[nH]c1ccccc12. The molecule has 1 amide bonds. The molecule has 0 unspecified atom stereocenters. The summed E-state index contributed by atoms with van der Waals surface area (Å²) in [5, 5.41) is 5.51. The highest BCUT2D eigenvalue weighted by atomic mass is 16.1. The van der Waals surface area contributed by atoms with Gasteiger partial charge in [-0.15, -0.1) is 0 Å². The first-order valence-electron chi connectivity index (χ1n) is 9.16. The van der Waals surface area contributed by atoms with Crippen LogP contribution in [0, 0.1) is 0 Å². The van der Waals surface area contributed by atoms with Crippen LogP contribution in [0.3, 0.4) is 0 Å². The molecule has 0 atom stereocenters. The van der Waals surface area contributed by atoms with Crippen LogP contribution in [-0.2, 0) is 4.79 Å². The number of carbonyl (C=O) groups excluding carboxylic acids is 1. The molecule has 4 rings (SSSR count). The summed E-state index contributed by atoms with van der Waals surface area (Å²) in [6, 6.07) is 22.7. The summed E-state index contributed by atoms with van der Waals surface area (Å²) in [6.07, 6.45) is 2.48. The molecular formula is C23H22N2O. The predicted octanol–water partition coefficient (Wildman–Crippen LogP) is 6.12. The van der Waals surface area contributed by atoms with Crippen LogP contribution < -0.4 is 5.32 Å². The van der Waals surface area contributed by atoms with Crippen molar-refractivity contribution in [1.29, 1.82) is 0 Å². The van der Waals surface area contributed by atoms with E-state index in [-0.39, 0.29) is 5.91 Å². The molecule has 3 nitrogen and oxygen atoms in total. The lowest BCUT2D eigenvalue weighted by Crippen LogP contribution is -2.11. The number of para-hydroxylation sites is 3. The topological polar surface area (TPSA) is 44.9 Å². The molecule has 4 aromatic rings. The van der Waals surface area contributed by atoms with Gasteiger partial charge in [0.1, 0.15) is 0 Å². The van der Waals surface area contributed by atoms with E-state index in [4.69, 9.17) is 0 Å². The van der Waals surface area contributed by atoms with Crippen LogP contribution in [0.5, 0.6) is 0 Å². The van der Waals surface area contributed by atoms with Crippen molar-refractivity contribution in [2.24, 2.45) is 0 Å². The van der Waals surface area contributed by atoms with Crippen LogP contribution in [0.15, 0.2) is 66.7 Å². The number of nitrogens with one attached hydrogen (secondary N) is 2. The highest BCUT2D eigenvalue weighted by Crippen LogP contribution is 2.36. The van der Waals surface area contributed by atoms with Gasteiger partial charge < -0.3 is 10.3 Å². The Bertz CT molecular complexity index is 1080. The van der Waals surface area contributed by atoms with Crippen molar-refractivity contribution in [3.8, 4) is 11.1 Å². The van der Waals surface area contributed by atoms with Crippen molar-refractivity contribution in [2.45, 2.75) is 26.2 Å². The second-order valence-corrected chi connectivity index (χ2v) is 6.60. The summed E-state index contributed by atoms with van der Waals surface area (Å²) in [5.74, 6) is 0.0723. The normalized spacial score (nSPS) is 11.1. The number of carbonyl (C=O) groups is 1. The fraction of sp³-hybridized carbons (Fsp3) is 0.174. The molecular weight excluding hydrogens is 320 g/mol. The van der Waals surface area contributed by atoms with E-state index >= 15 is 0 Å². The standard InChI is InChI=1S/C23H22N2O/c1-2-3-15-22(26)24-20-13-6-4-9-16(20)18-11-8-12-19-17-10-5-7-14-21(17)25-23(18)19/h4-14,25H,2-3,15H2,1H3,(H,24,26). The Kier molecular flexibility index (Phi) is 4.44. The lowest BCUT2D eigenvalue weighted by molar-refractivity contribution is -0.116. The van der Waals surface area contributed by atoms with Crippen molar-refractivity contribution in [3.05, 3.63) is 66.7 Å². The Labute approximate surface area is 153 Å². The molecule has 0 aliphatic rings. The Morgan fingerprint density at radius 3 is 2.50 bits per heavy atom. The van der Waals surface area contributed by atoms with Gasteiger partial charge in [-0.2, -0.15) is 0 Å². The van der Waals surface area contributed by atoms with Crippen LogP contribution in [0.4, 0.5) is 5.69 Å². The molecule has 0 saturated heterocycles. The van der Waals surface area contributed by atoms with Gasteiger partial charge in [0, 0.05) is 39.5 Å². The molecule has 2 N–H and O–H groups in total. The van der Waals surface area contributed by atoms with Crippen molar-refractivity contribution in [2.75, 3.05) is 5.32 Å². The van der Waals surface area contributed by atoms with E-state index in [0.717, 1.165) is 40.7 Å². The fourth-order valence-corrected chi connectivity index (χ4v) is 3.47. The van der Waals surface area contributed by atoms with Gasteiger partial charge in [-0.3, -0.25) is 4.79 Å². The fourth-order valence-electron chi connectivity index (χ4n) is 3.47. The lowest BCUT2D eigenvalue weighted by Gasteiger charge is -2.12. The molecule has 0 aliphatic carbocycles. The Morgan fingerprint density at radius 2 is 1.62 bits per heavy atom. The van der Waals surface area contributed by atoms with Crippen LogP contribution in [-0.4, -0.2) is 10.9 Å². The van der Waals surface area contributed by atoms with Crippen molar-refractivity contribution >= 4 is 33.4 Å². The first kappa shape index (κ1) is 16.4.